The van der Waals surface area contributed by atoms with Gasteiger partial charge < -0.3 is 16.4 Å². The van der Waals surface area contributed by atoms with Gasteiger partial charge in [0, 0.05) is 50.2 Å². The van der Waals surface area contributed by atoms with Crippen molar-refractivity contribution in [1.82, 2.24) is 14.9 Å². The standard InChI is InChI=1S/C26H36N4O2S/c27-23-8-10-24(11-9-23)29-26-17-25(26)21-6-4-20(5-7-21)22-3-1-2-19(16-22)18-33(31,32)30-14-12-28-13-15-30/h1-7,16,23-26,28-29H,8-15,17-18,27H2/t23?,24?,25-,26?/m1/s1. The Morgan fingerprint density at radius 3 is 2.42 bits per heavy atom. The van der Waals surface area contributed by atoms with Gasteiger partial charge in [-0.25, -0.2) is 8.42 Å². The van der Waals surface area contributed by atoms with Gasteiger partial charge in [0.1, 0.15) is 0 Å². The molecule has 2 aromatic carbocycles. The summed E-state index contributed by atoms with van der Waals surface area (Å²) >= 11 is 0. The summed E-state index contributed by atoms with van der Waals surface area (Å²) in [5.41, 5.74) is 10.5. The molecule has 7 heteroatoms. The normalized spacial score (nSPS) is 28.5. The molecule has 1 saturated heterocycles. The van der Waals surface area contributed by atoms with Crippen molar-refractivity contribution >= 4 is 10.0 Å². The summed E-state index contributed by atoms with van der Waals surface area (Å²) in [6.45, 7) is 2.54. The molecule has 1 heterocycles. The number of hydrogen-bond acceptors (Lipinski definition) is 5. The first kappa shape index (κ1) is 23.0. The smallest absolute Gasteiger partial charge is 0.218 e. The summed E-state index contributed by atoms with van der Waals surface area (Å²) in [6.07, 6.45) is 5.88. The van der Waals surface area contributed by atoms with E-state index in [4.69, 9.17) is 5.73 Å². The first-order chi connectivity index (χ1) is 16.0. The molecule has 178 valence electrons. The zero-order valence-electron chi connectivity index (χ0n) is 19.2. The van der Waals surface area contributed by atoms with Gasteiger partial charge in [0.2, 0.25) is 10.0 Å². The molecule has 0 spiro atoms. The fourth-order valence-corrected chi connectivity index (χ4v) is 6.85. The predicted molar refractivity (Wildman–Crippen MR) is 133 cm³/mol. The minimum Gasteiger partial charge on any atom is -0.328 e. The third-order valence-corrected chi connectivity index (χ3v) is 9.28. The van der Waals surface area contributed by atoms with Crippen LogP contribution in [-0.4, -0.2) is 57.0 Å². The van der Waals surface area contributed by atoms with E-state index in [0.29, 0.717) is 37.1 Å². The maximum atomic E-state index is 12.8. The van der Waals surface area contributed by atoms with Crippen LogP contribution in [0.2, 0.25) is 0 Å². The van der Waals surface area contributed by atoms with Crippen LogP contribution >= 0.6 is 0 Å². The molecular formula is C26H36N4O2S. The van der Waals surface area contributed by atoms with Gasteiger partial charge >= 0.3 is 0 Å². The van der Waals surface area contributed by atoms with Crippen molar-refractivity contribution in [2.45, 2.75) is 61.9 Å². The lowest BCUT2D eigenvalue weighted by Gasteiger charge is -2.27. The van der Waals surface area contributed by atoms with Gasteiger partial charge in [-0.3, -0.25) is 0 Å². The third kappa shape index (κ3) is 5.66. The first-order valence-corrected chi connectivity index (χ1v) is 14.0. The zero-order valence-corrected chi connectivity index (χ0v) is 20.1. The van der Waals surface area contributed by atoms with Crippen LogP contribution in [0.5, 0.6) is 0 Å². The van der Waals surface area contributed by atoms with Crippen molar-refractivity contribution < 1.29 is 8.42 Å². The van der Waals surface area contributed by atoms with Gasteiger partial charge in [0.15, 0.2) is 0 Å². The fourth-order valence-electron chi connectivity index (χ4n) is 5.32. The monoisotopic (exact) mass is 468 g/mol. The van der Waals surface area contributed by atoms with Crippen LogP contribution in [0.25, 0.3) is 11.1 Å². The molecule has 2 aromatic rings. The van der Waals surface area contributed by atoms with E-state index in [2.05, 4.69) is 41.0 Å². The summed E-state index contributed by atoms with van der Waals surface area (Å²) in [6, 6.07) is 18.4. The highest BCUT2D eigenvalue weighted by Gasteiger charge is 2.39. The highest BCUT2D eigenvalue weighted by atomic mass is 32.2. The highest BCUT2D eigenvalue weighted by Crippen LogP contribution is 2.42. The van der Waals surface area contributed by atoms with E-state index in [1.807, 2.05) is 18.2 Å². The second kappa shape index (κ2) is 9.84. The van der Waals surface area contributed by atoms with E-state index in [-0.39, 0.29) is 5.75 Å². The third-order valence-electron chi connectivity index (χ3n) is 7.43. The summed E-state index contributed by atoms with van der Waals surface area (Å²) < 4.78 is 27.2. The maximum absolute atomic E-state index is 12.8. The Morgan fingerprint density at radius 1 is 0.970 bits per heavy atom. The molecule has 33 heavy (non-hydrogen) atoms. The average molecular weight is 469 g/mol. The lowest BCUT2D eigenvalue weighted by atomic mass is 9.92. The molecule has 0 radical (unpaired) electrons. The zero-order chi connectivity index (χ0) is 22.8. The van der Waals surface area contributed by atoms with E-state index in [9.17, 15) is 8.42 Å². The Bertz CT molecular complexity index is 1040. The van der Waals surface area contributed by atoms with Gasteiger partial charge in [-0.05, 0) is 54.4 Å². The van der Waals surface area contributed by atoms with E-state index >= 15 is 0 Å². The number of piperazine rings is 1. The molecule has 4 N–H and O–H groups in total. The van der Waals surface area contributed by atoms with Crippen LogP contribution in [0.4, 0.5) is 0 Å². The molecule has 1 aliphatic heterocycles. The van der Waals surface area contributed by atoms with Gasteiger partial charge in [-0.15, -0.1) is 0 Å². The quantitative estimate of drug-likeness (QED) is 0.582. The molecule has 3 fully saturated rings. The molecule has 1 unspecified atom stereocenters. The lowest BCUT2D eigenvalue weighted by molar-refractivity contribution is 0.339. The molecule has 2 atom stereocenters. The summed E-state index contributed by atoms with van der Waals surface area (Å²) in [5, 5.41) is 7.05. The Labute approximate surface area is 198 Å². The fraction of sp³-hybridized carbons (Fsp3) is 0.538. The Hall–Kier alpha value is -1.77. The van der Waals surface area contributed by atoms with E-state index in [1.165, 1.54) is 24.8 Å². The molecule has 6 nitrogen and oxygen atoms in total. The van der Waals surface area contributed by atoms with Crippen molar-refractivity contribution in [3.63, 3.8) is 0 Å². The van der Waals surface area contributed by atoms with E-state index in [0.717, 1.165) is 42.6 Å². The largest absolute Gasteiger partial charge is 0.328 e. The number of nitrogens with two attached hydrogens (primary N) is 1. The minimum absolute atomic E-state index is 0.0560. The molecule has 0 amide bonds. The molecular weight excluding hydrogens is 432 g/mol. The molecule has 2 saturated carbocycles. The molecule has 0 aromatic heterocycles. The molecule has 3 aliphatic rings. The second-order valence-electron chi connectivity index (χ2n) is 9.95. The molecule has 2 aliphatic carbocycles. The summed E-state index contributed by atoms with van der Waals surface area (Å²) in [4.78, 5) is 0. The van der Waals surface area contributed by atoms with Crippen LogP contribution in [0, 0.1) is 0 Å². The number of sulfonamides is 1. The topological polar surface area (TPSA) is 87.5 Å². The number of benzene rings is 2. The lowest BCUT2D eigenvalue weighted by Crippen LogP contribution is -2.46. The van der Waals surface area contributed by atoms with Crippen LogP contribution in [0.3, 0.4) is 0 Å². The van der Waals surface area contributed by atoms with E-state index < -0.39 is 10.0 Å². The number of nitrogens with zero attached hydrogens (tertiary/aromatic N) is 1. The van der Waals surface area contributed by atoms with Crippen molar-refractivity contribution in [3.8, 4) is 11.1 Å². The van der Waals surface area contributed by atoms with Crippen LogP contribution < -0.4 is 16.4 Å². The first-order valence-electron chi connectivity index (χ1n) is 12.4. The maximum Gasteiger partial charge on any atom is 0.218 e. The van der Waals surface area contributed by atoms with Crippen LogP contribution in [0.15, 0.2) is 48.5 Å². The SMILES string of the molecule is NC1CCC(NC2C[C@@H]2c2ccc(-c3cccc(CS(=O)(=O)N4CCNCC4)c3)cc2)CC1. The van der Waals surface area contributed by atoms with Gasteiger partial charge in [-0.1, -0.05) is 48.5 Å². The number of hydrogen-bond donors (Lipinski definition) is 3. The molecule has 5 rings (SSSR count). The predicted octanol–water partition coefficient (Wildman–Crippen LogP) is 2.80. The average Bonchev–Trinajstić information content (AvgIpc) is 3.60. The highest BCUT2D eigenvalue weighted by molar-refractivity contribution is 7.88. The van der Waals surface area contributed by atoms with Gasteiger partial charge in [-0.2, -0.15) is 4.31 Å². The van der Waals surface area contributed by atoms with Crippen molar-refractivity contribution in [2.75, 3.05) is 26.2 Å². The van der Waals surface area contributed by atoms with Crippen molar-refractivity contribution in [1.29, 1.82) is 0 Å². The van der Waals surface area contributed by atoms with Gasteiger partial charge in [0.25, 0.3) is 0 Å². The number of rotatable bonds is 7. The van der Waals surface area contributed by atoms with Crippen LogP contribution in [-0.2, 0) is 15.8 Å². The Balaban J connectivity index is 1.20. The number of nitrogens with one attached hydrogen (secondary N) is 2. The second-order valence-corrected chi connectivity index (χ2v) is 11.9. The van der Waals surface area contributed by atoms with Gasteiger partial charge in [0.05, 0.1) is 5.75 Å². The van der Waals surface area contributed by atoms with Crippen molar-refractivity contribution in [2.24, 2.45) is 5.73 Å². The van der Waals surface area contributed by atoms with E-state index in [1.54, 1.807) is 4.31 Å². The minimum atomic E-state index is -3.29. The van der Waals surface area contributed by atoms with Crippen LogP contribution in [0.1, 0.15) is 49.1 Å². The van der Waals surface area contributed by atoms with Crippen molar-refractivity contribution in [3.05, 3.63) is 59.7 Å². The molecule has 0 bridgehead atoms. The Morgan fingerprint density at radius 2 is 1.70 bits per heavy atom. The summed E-state index contributed by atoms with van der Waals surface area (Å²) in [7, 11) is -3.29. The Kier molecular flexibility index (Phi) is 6.86. The summed E-state index contributed by atoms with van der Waals surface area (Å²) in [5.74, 6) is 0.658.